The molecule has 1 N–H and O–H groups in total. The molecule has 1 unspecified atom stereocenters. The molecule has 4 saturated carbocycles. The number of rotatable bonds is 9. The normalized spacial score (nSPS) is 26.9. The fraction of sp³-hybridized carbons (Fsp3) is 0.575. The molecule has 4 aliphatic carbocycles. The third-order valence-electron chi connectivity index (χ3n) is 12.4. The highest BCUT2D eigenvalue weighted by molar-refractivity contribution is 5.79. The Labute approximate surface area is 295 Å². The molecule has 10 heteroatoms. The van der Waals surface area contributed by atoms with Gasteiger partial charge in [0.2, 0.25) is 5.91 Å². The van der Waals surface area contributed by atoms with E-state index in [-0.39, 0.29) is 52.9 Å². The Morgan fingerprint density at radius 1 is 1.00 bits per heavy atom. The second kappa shape index (κ2) is 13.7. The van der Waals surface area contributed by atoms with Gasteiger partial charge < -0.3 is 19.7 Å². The van der Waals surface area contributed by atoms with Crippen LogP contribution in [0.2, 0.25) is 0 Å². The minimum atomic E-state index is -0.344. The second-order valence-corrected chi connectivity index (χ2v) is 15.6. The Balaban J connectivity index is 1.09. The number of ether oxygens (including phenoxy) is 2. The minimum Gasteiger partial charge on any atom is -0.496 e. The van der Waals surface area contributed by atoms with Crippen LogP contribution in [0, 0.1) is 35.5 Å². The van der Waals surface area contributed by atoms with Crippen molar-refractivity contribution < 1.29 is 19.1 Å². The molecule has 3 aromatic rings. The number of carbonyl (C=O) groups excluding carboxylic acids is 2. The first-order chi connectivity index (χ1) is 24.1. The molecule has 10 nitrogen and oxygen atoms in total. The van der Waals surface area contributed by atoms with Crippen LogP contribution in [0.25, 0.3) is 11.1 Å². The van der Waals surface area contributed by atoms with Gasteiger partial charge in [0.25, 0.3) is 0 Å². The lowest BCUT2D eigenvalue weighted by atomic mass is 9.49. The van der Waals surface area contributed by atoms with Gasteiger partial charge in [-0.05, 0) is 131 Å². The number of aromatic nitrogens is 3. The van der Waals surface area contributed by atoms with E-state index in [0.717, 1.165) is 61.1 Å². The average molecular weight is 679 g/mol. The fourth-order valence-corrected chi connectivity index (χ4v) is 9.01. The summed E-state index contributed by atoms with van der Waals surface area (Å²) in [6.07, 6.45) is 14.3. The first-order valence-corrected chi connectivity index (χ1v) is 18.4. The molecule has 1 aromatic carbocycles. The number of nitrogens with one attached hydrogen (secondary N) is 1. The van der Waals surface area contributed by atoms with Gasteiger partial charge >= 0.3 is 6.09 Å². The lowest BCUT2D eigenvalue weighted by Crippen LogP contribution is -2.52. The number of hydrogen-bond donors (Lipinski definition) is 1. The van der Waals surface area contributed by atoms with Crippen molar-refractivity contribution in [2.24, 2.45) is 17.3 Å². The standard InChI is InChI=1S/C40H50N6O4/c1-26(2)46-25-31(22-43-46)30-11-18-42-34(20-30)36(40-15-12-39(13-16-40,14-17-40)32-7-10-35(49-4)27(3)19-32)44-37(47)29-5-8-33(9-6-29)50-38(48)45-23-28(21-41)24-45/h7,10-11,18-20,22,25-26,28-29,33,36H,5-6,8-9,12-17,23-24H2,1-4H3,(H,44,47). The van der Waals surface area contributed by atoms with E-state index in [4.69, 9.17) is 19.7 Å². The predicted molar refractivity (Wildman–Crippen MR) is 189 cm³/mol. The largest absolute Gasteiger partial charge is 0.496 e. The molecule has 3 heterocycles. The van der Waals surface area contributed by atoms with Crippen LogP contribution in [0.5, 0.6) is 5.75 Å². The Hall–Kier alpha value is -4.39. The molecule has 50 heavy (non-hydrogen) atoms. The second-order valence-electron chi connectivity index (χ2n) is 15.6. The lowest BCUT2D eigenvalue weighted by molar-refractivity contribution is -0.129. The van der Waals surface area contributed by atoms with Crippen molar-refractivity contribution >= 4 is 12.0 Å². The molecule has 0 radical (unpaired) electrons. The van der Waals surface area contributed by atoms with E-state index in [0.29, 0.717) is 38.8 Å². The highest BCUT2D eigenvalue weighted by atomic mass is 16.6. The van der Waals surface area contributed by atoms with Gasteiger partial charge in [0.1, 0.15) is 11.9 Å². The number of hydrogen-bond acceptors (Lipinski definition) is 7. The van der Waals surface area contributed by atoms with Gasteiger partial charge in [-0.2, -0.15) is 10.4 Å². The Morgan fingerprint density at radius 3 is 2.34 bits per heavy atom. The van der Waals surface area contributed by atoms with Crippen molar-refractivity contribution in [3.63, 3.8) is 0 Å². The van der Waals surface area contributed by atoms with E-state index < -0.39 is 0 Å². The molecule has 2 bridgehead atoms. The number of fused-ring (bicyclic) bond motifs is 3. The highest BCUT2D eigenvalue weighted by Gasteiger charge is 2.54. The van der Waals surface area contributed by atoms with Gasteiger partial charge in [-0.25, -0.2) is 4.79 Å². The predicted octanol–water partition coefficient (Wildman–Crippen LogP) is 7.44. The number of benzene rings is 1. The van der Waals surface area contributed by atoms with E-state index in [1.54, 1.807) is 12.0 Å². The number of nitriles is 1. The maximum absolute atomic E-state index is 14.2. The van der Waals surface area contributed by atoms with Crippen LogP contribution in [-0.4, -0.2) is 58.0 Å². The van der Waals surface area contributed by atoms with Crippen LogP contribution in [-0.2, 0) is 14.9 Å². The maximum atomic E-state index is 14.2. The first kappa shape index (κ1) is 34.1. The summed E-state index contributed by atoms with van der Waals surface area (Å²) in [5, 5.41) is 17.2. The van der Waals surface area contributed by atoms with Crippen molar-refractivity contribution in [1.29, 1.82) is 5.26 Å². The van der Waals surface area contributed by atoms with E-state index in [1.165, 1.54) is 11.1 Å². The zero-order valence-electron chi connectivity index (χ0n) is 29.9. The number of carbonyl (C=O) groups is 2. The van der Waals surface area contributed by atoms with Crippen molar-refractivity contribution in [3.05, 3.63) is 65.7 Å². The van der Waals surface area contributed by atoms with Gasteiger partial charge in [0.15, 0.2) is 0 Å². The van der Waals surface area contributed by atoms with Crippen LogP contribution in [0.15, 0.2) is 48.9 Å². The molecule has 2 aromatic heterocycles. The molecule has 2 amide bonds. The van der Waals surface area contributed by atoms with Crippen molar-refractivity contribution in [2.75, 3.05) is 20.2 Å². The van der Waals surface area contributed by atoms with Crippen molar-refractivity contribution in [3.8, 4) is 22.9 Å². The highest BCUT2D eigenvalue weighted by Crippen LogP contribution is 2.62. The summed E-state index contributed by atoms with van der Waals surface area (Å²) in [6.45, 7) is 7.23. The van der Waals surface area contributed by atoms with Crippen LogP contribution in [0.4, 0.5) is 4.79 Å². The minimum absolute atomic E-state index is 0.0711. The zero-order valence-corrected chi connectivity index (χ0v) is 29.9. The molecule has 5 fully saturated rings. The fourth-order valence-electron chi connectivity index (χ4n) is 9.01. The van der Waals surface area contributed by atoms with Crippen LogP contribution >= 0.6 is 0 Å². The van der Waals surface area contributed by atoms with Gasteiger partial charge in [-0.1, -0.05) is 12.1 Å². The molecule has 1 atom stereocenters. The number of amides is 2. The Bertz CT molecular complexity index is 1740. The molecule has 264 valence electrons. The maximum Gasteiger partial charge on any atom is 0.410 e. The summed E-state index contributed by atoms with van der Waals surface area (Å²) in [5.74, 6) is 0.758. The third-order valence-corrected chi connectivity index (χ3v) is 12.4. The summed E-state index contributed by atoms with van der Waals surface area (Å²) in [4.78, 5) is 33.2. The SMILES string of the molecule is COc1ccc(C23CCC(C(NC(=O)C4CCC(OC(=O)N5CC(C#N)C5)CC4)c4cc(-c5cnn(C(C)C)c5)ccn4)(CC2)CC3)cc1C. The van der Waals surface area contributed by atoms with Gasteiger partial charge in [-0.3, -0.25) is 14.5 Å². The summed E-state index contributed by atoms with van der Waals surface area (Å²) in [7, 11) is 1.73. The summed E-state index contributed by atoms with van der Waals surface area (Å²) < 4.78 is 13.3. The monoisotopic (exact) mass is 678 g/mol. The Kier molecular flexibility index (Phi) is 9.36. The van der Waals surface area contributed by atoms with Gasteiger partial charge in [0.05, 0.1) is 37.0 Å². The summed E-state index contributed by atoms with van der Waals surface area (Å²) in [5.41, 5.74) is 5.65. The van der Waals surface area contributed by atoms with E-state index in [2.05, 4.69) is 67.7 Å². The smallest absolute Gasteiger partial charge is 0.410 e. The van der Waals surface area contributed by atoms with E-state index in [1.807, 2.05) is 23.1 Å². The number of pyridine rings is 1. The Morgan fingerprint density at radius 2 is 1.72 bits per heavy atom. The molecule has 1 aliphatic heterocycles. The van der Waals surface area contributed by atoms with Gasteiger partial charge in [-0.15, -0.1) is 0 Å². The molecule has 0 spiro atoms. The van der Waals surface area contributed by atoms with E-state index >= 15 is 0 Å². The van der Waals surface area contributed by atoms with Crippen LogP contribution in [0.3, 0.4) is 0 Å². The quantitative estimate of drug-likeness (QED) is 0.250. The summed E-state index contributed by atoms with van der Waals surface area (Å²) >= 11 is 0. The van der Waals surface area contributed by atoms with Crippen LogP contribution < -0.4 is 10.1 Å². The van der Waals surface area contributed by atoms with Crippen molar-refractivity contribution in [2.45, 2.75) is 109 Å². The number of likely N-dealkylation sites (tertiary alicyclic amines) is 1. The summed E-state index contributed by atoms with van der Waals surface area (Å²) in [6, 6.07) is 13.1. The van der Waals surface area contributed by atoms with Crippen LogP contribution in [0.1, 0.15) is 107 Å². The average Bonchev–Trinajstić information content (AvgIpc) is 3.62. The third kappa shape index (κ3) is 6.47. The zero-order chi connectivity index (χ0) is 35.0. The number of aryl methyl sites for hydroxylation is 1. The van der Waals surface area contributed by atoms with Gasteiger partial charge in [0, 0.05) is 43.0 Å². The molecular formula is C40H50N6O4. The molecule has 1 saturated heterocycles. The number of methoxy groups -OCH3 is 1. The molecule has 5 aliphatic rings. The molecular weight excluding hydrogens is 628 g/mol. The topological polar surface area (TPSA) is 122 Å². The van der Waals surface area contributed by atoms with Crippen molar-refractivity contribution in [1.82, 2.24) is 25.0 Å². The number of nitrogens with zero attached hydrogens (tertiary/aromatic N) is 5. The lowest BCUT2D eigenvalue weighted by Gasteiger charge is -2.56. The first-order valence-electron chi connectivity index (χ1n) is 18.4. The molecule has 8 rings (SSSR count). The van der Waals surface area contributed by atoms with E-state index in [9.17, 15) is 9.59 Å².